The number of benzene rings is 2. The minimum Gasteiger partial charge on any atom is -0.192 e. The van der Waals surface area contributed by atoms with Crippen molar-refractivity contribution in [3.05, 3.63) is 70.8 Å². The summed E-state index contributed by atoms with van der Waals surface area (Å²) in [7, 11) is 0. The summed E-state index contributed by atoms with van der Waals surface area (Å²) >= 11 is 0. The largest absolute Gasteiger partial charge is 0.192 e. The molecule has 0 heterocycles. The highest BCUT2D eigenvalue weighted by atomic mass is 14.3. The Bertz CT molecular complexity index is 697. The van der Waals surface area contributed by atoms with Gasteiger partial charge >= 0.3 is 0 Å². The summed E-state index contributed by atoms with van der Waals surface area (Å²) in [6.45, 7) is 4.60. The second-order valence-corrected chi connectivity index (χ2v) is 7.64. The topological polar surface area (TPSA) is 23.8 Å². The lowest BCUT2D eigenvalue weighted by atomic mass is 9.76. The summed E-state index contributed by atoms with van der Waals surface area (Å²) in [5, 5.41) is 8.93. The van der Waals surface area contributed by atoms with E-state index in [0.717, 1.165) is 5.56 Å². The summed E-state index contributed by atoms with van der Waals surface area (Å²) in [4.78, 5) is 0. The average Bonchev–Trinajstić information content (AvgIpc) is 2.68. The van der Waals surface area contributed by atoms with Crippen LogP contribution in [0, 0.1) is 11.3 Å². The lowest BCUT2D eigenvalue weighted by molar-refractivity contribution is 0.396. The molecule has 0 aliphatic heterocycles. The van der Waals surface area contributed by atoms with Gasteiger partial charge in [-0.1, -0.05) is 56.7 Å². The van der Waals surface area contributed by atoms with Crippen LogP contribution in [0.1, 0.15) is 92.4 Å². The minimum absolute atomic E-state index is 0.660. The van der Waals surface area contributed by atoms with E-state index in [1.165, 1.54) is 55.2 Å². The van der Waals surface area contributed by atoms with Crippen LogP contribution in [0.15, 0.2) is 48.5 Å². The van der Waals surface area contributed by atoms with Gasteiger partial charge in [0.05, 0.1) is 11.6 Å². The predicted molar refractivity (Wildman–Crippen MR) is 105 cm³/mol. The molecule has 0 spiro atoms. The van der Waals surface area contributed by atoms with Gasteiger partial charge in [0.25, 0.3) is 0 Å². The zero-order valence-electron chi connectivity index (χ0n) is 15.5. The first-order chi connectivity index (χ1) is 12.2. The molecule has 2 aromatic rings. The SMILES string of the molecule is CCCC(C)c1ccc(C2CCC(c3ccc(C#N)cc3)CC2)cc1. The van der Waals surface area contributed by atoms with Gasteiger partial charge < -0.3 is 0 Å². The molecular formula is C24H29N. The van der Waals surface area contributed by atoms with Gasteiger partial charge in [-0.05, 0) is 78.7 Å². The van der Waals surface area contributed by atoms with Crippen LogP contribution in [-0.4, -0.2) is 0 Å². The van der Waals surface area contributed by atoms with Crippen LogP contribution < -0.4 is 0 Å². The minimum atomic E-state index is 0.660. The molecule has 1 aliphatic carbocycles. The summed E-state index contributed by atoms with van der Waals surface area (Å²) in [6, 6.07) is 19.8. The Morgan fingerprint density at radius 1 is 0.880 bits per heavy atom. The lowest BCUT2D eigenvalue weighted by Crippen LogP contribution is -2.12. The quantitative estimate of drug-likeness (QED) is 0.584. The molecule has 1 fully saturated rings. The van der Waals surface area contributed by atoms with Gasteiger partial charge in [0.15, 0.2) is 0 Å². The van der Waals surface area contributed by atoms with E-state index in [1.807, 2.05) is 12.1 Å². The third-order valence-corrected chi connectivity index (χ3v) is 5.94. The summed E-state index contributed by atoms with van der Waals surface area (Å²) in [6.07, 6.45) is 7.58. The highest BCUT2D eigenvalue weighted by Gasteiger charge is 2.23. The zero-order chi connectivity index (χ0) is 17.6. The van der Waals surface area contributed by atoms with Gasteiger partial charge in [-0.25, -0.2) is 0 Å². The van der Waals surface area contributed by atoms with E-state index in [2.05, 4.69) is 56.3 Å². The molecule has 1 unspecified atom stereocenters. The Balaban J connectivity index is 1.59. The van der Waals surface area contributed by atoms with E-state index in [4.69, 9.17) is 5.26 Å². The van der Waals surface area contributed by atoms with Gasteiger partial charge in [-0.3, -0.25) is 0 Å². The van der Waals surface area contributed by atoms with Crippen molar-refractivity contribution in [2.45, 2.75) is 70.1 Å². The molecule has 1 saturated carbocycles. The van der Waals surface area contributed by atoms with Crippen LogP contribution >= 0.6 is 0 Å². The molecule has 1 nitrogen and oxygen atoms in total. The highest BCUT2D eigenvalue weighted by Crippen LogP contribution is 2.40. The molecule has 0 radical (unpaired) electrons. The number of nitrogens with zero attached hydrogens (tertiary/aromatic N) is 1. The average molecular weight is 332 g/mol. The van der Waals surface area contributed by atoms with Crippen LogP contribution in [-0.2, 0) is 0 Å². The monoisotopic (exact) mass is 331 g/mol. The Hall–Kier alpha value is -2.07. The highest BCUT2D eigenvalue weighted by molar-refractivity contribution is 5.34. The fourth-order valence-electron chi connectivity index (χ4n) is 4.29. The van der Waals surface area contributed by atoms with Crippen molar-refractivity contribution in [3.8, 4) is 6.07 Å². The maximum atomic E-state index is 8.93. The van der Waals surface area contributed by atoms with Crippen molar-refractivity contribution in [3.63, 3.8) is 0 Å². The normalized spacial score (nSPS) is 21.5. The number of nitriles is 1. The number of hydrogen-bond donors (Lipinski definition) is 0. The Kier molecular flexibility index (Phi) is 5.92. The van der Waals surface area contributed by atoms with E-state index >= 15 is 0 Å². The smallest absolute Gasteiger partial charge is 0.0991 e. The molecule has 2 aromatic carbocycles. The van der Waals surface area contributed by atoms with Gasteiger partial charge in [-0.15, -0.1) is 0 Å². The summed E-state index contributed by atoms with van der Waals surface area (Å²) in [5.41, 5.74) is 5.17. The van der Waals surface area contributed by atoms with Crippen LogP contribution in [0.25, 0.3) is 0 Å². The van der Waals surface area contributed by atoms with Crippen molar-refractivity contribution >= 4 is 0 Å². The van der Waals surface area contributed by atoms with Crippen LogP contribution in [0.5, 0.6) is 0 Å². The molecule has 25 heavy (non-hydrogen) atoms. The van der Waals surface area contributed by atoms with Crippen LogP contribution in [0.4, 0.5) is 0 Å². The van der Waals surface area contributed by atoms with Crippen molar-refractivity contribution in [1.29, 1.82) is 5.26 Å². The van der Waals surface area contributed by atoms with Crippen molar-refractivity contribution in [2.75, 3.05) is 0 Å². The van der Waals surface area contributed by atoms with Gasteiger partial charge in [0.1, 0.15) is 0 Å². The summed E-state index contributed by atoms with van der Waals surface area (Å²) < 4.78 is 0. The molecule has 1 aliphatic rings. The first-order valence-corrected chi connectivity index (χ1v) is 9.81. The van der Waals surface area contributed by atoms with Crippen LogP contribution in [0.2, 0.25) is 0 Å². The second kappa shape index (κ2) is 8.34. The van der Waals surface area contributed by atoms with E-state index in [1.54, 1.807) is 0 Å². The molecule has 0 saturated heterocycles. The van der Waals surface area contributed by atoms with E-state index in [9.17, 15) is 0 Å². The molecule has 130 valence electrons. The Labute approximate surface area is 152 Å². The first kappa shape index (κ1) is 17.7. The molecule has 1 atom stereocenters. The maximum absolute atomic E-state index is 8.93. The van der Waals surface area contributed by atoms with E-state index in [0.29, 0.717) is 17.8 Å². The van der Waals surface area contributed by atoms with Crippen molar-refractivity contribution in [1.82, 2.24) is 0 Å². The predicted octanol–water partition coefficient (Wildman–Crippen LogP) is 6.90. The van der Waals surface area contributed by atoms with Gasteiger partial charge in [-0.2, -0.15) is 5.26 Å². The molecule has 0 N–H and O–H groups in total. The van der Waals surface area contributed by atoms with E-state index in [-0.39, 0.29) is 0 Å². The fourth-order valence-corrected chi connectivity index (χ4v) is 4.29. The van der Waals surface area contributed by atoms with E-state index < -0.39 is 0 Å². The van der Waals surface area contributed by atoms with Crippen molar-refractivity contribution in [2.24, 2.45) is 0 Å². The maximum Gasteiger partial charge on any atom is 0.0991 e. The molecule has 0 bridgehead atoms. The molecule has 3 rings (SSSR count). The lowest BCUT2D eigenvalue weighted by Gasteiger charge is -2.29. The third kappa shape index (κ3) is 4.31. The zero-order valence-corrected chi connectivity index (χ0v) is 15.5. The van der Waals surface area contributed by atoms with Crippen molar-refractivity contribution < 1.29 is 0 Å². The third-order valence-electron chi connectivity index (χ3n) is 5.94. The number of hydrogen-bond acceptors (Lipinski definition) is 1. The Morgan fingerprint density at radius 3 is 1.80 bits per heavy atom. The molecular weight excluding hydrogens is 302 g/mol. The van der Waals surface area contributed by atoms with Gasteiger partial charge in [0.2, 0.25) is 0 Å². The number of rotatable bonds is 5. The van der Waals surface area contributed by atoms with Gasteiger partial charge in [0, 0.05) is 0 Å². The van der Waals surface area contributed by atoms with Crippen LogP contribution in [0.3, 0.4) is 0 Å². The summed E-state index contributed by atoms with van der Waals surface area (Å²) in [5.74, 6) is 2.05. The first-order valence-electron chi connectivity index (χ1n) is 9.81. The fraction of sp³-hybridized carbons (Fsp3) is 0.458. The second-order valence-electron chi connectivity index (χ2n) is 7.64. The molecule has 0 amide bonds. The molecule has 0 aromatic heterocycles. The Morgan fingerprint density at radius 2 is 1.36 bits per heavy atom. The standard InChI is InChI=1S/C24H29N/c1-3-4-18(2)20-9-11-22(12-10-20)24-15-13-23(14-16-24)21-7-5-19(17-25)6-8-21/h5-12,18,23-24H,3-4,13-16H2,1-2H3. The molecule has 1 heteroatoms.